The second-order valence-corrected chi connectivity index (χ2v) is 12.0. The van der Waals surface area contributed by atoms with Crippen LogP contribution in [0.3, 0.4) is 0 Å². The standard InChI is InChI=1S/C29H32Cl2FN3O4S/c1-3-4-16-33-29(37)27(17-21-10-6-5-7-11-21)34(19-24-25(30)14-9-15-26(24)31)28(36)20-35(40(2,38)39)23-13-8-12-22(32)18-23/h5-15,18,27H,3-4,16-17,19-20H2,1-2H3,(H,33,37)/t27-/m1/s1. The number of nitrogens with zero attached hydrogens (tertiary/aromatic N) is 2. The number of nitrogens with one attached hydrogen (secondary N) is 1. The number of unbranched alkanes of at least 4 members (excludes halogenated alkanes) is 1. The van der Waals surface area contributed by atoms with Crippen molar-refractivity contribution in [3.8, 4) is 0 Å². The predicted molar refractivity (Wildman–Crippen MR) is 157 cm³/mol. The third kappa shape index (κ3) is 8.68. The highest BCUT2D eigenvalue weighted by atomic mass is 35.5. The largest absolute Gasteiger partial charge is 0.354 e. The van der Waals surface area contributed by atoms with Gasteiger partial charge in [0, 0.05) is 35.1 Å². The number of rotatable bonds is 13. The summed E-state index contributed by atoms with van der Waals surface area (Å²) >= 11 is 12.9. The zero-order valence-electron chi connectivity index (χ0n) is 22.3. The van der Waals surface area contributed by atoms with Crippen LogP contribution in [-0.2, 0) is 32.6 Å². The zero-order valence-corrected chi connectivity index (χ0v) is 24.6. The molecule has 1 N–H and O–H groups in total. The maximum atomic E-state index is 14.0. The Balaban J connectivity index is 2.08. The van der Waals surface area contributed by atoms with E-state index < -0.39 is 40.2 Å². The van der Waals surface area contributed by atoms with Gasteiger partial charge in [-0.1, -0.05) is 79.0 Å². The van der Waals surface area contributed by atoms with Crippen molar-refractivity contribution in [1.29, 1.82) is 0 Å². The molecule has 0 spiro atoms. The van der Waals surface area contributed by atoms with Crippen molar-refractivity contribution in [2.45, 2.75) is 38.8 Å². The van der Waals surface area contributed by atoms with Crippen LogP contribution < -0.4 is 9.62 Å². The Labute approximate surface area is 244 Å². The Morgan fingerprint density at radius 1 is 0.975 bits per heavy atom. The maximum Gasteiger partial charge on any atom is 0.244 e. The Kier molecular flexibility index (Phi) is 11.4. The third-order valence-corrected chi connectivity index (χ3v) is 8.11. The van der Waals surface area contributed by atoms with Gasteiger partial charge in [0.2, 0.25) is 21.8 Å². The second-order valence-electron chi connectivity index (χ2n) is 9.32. The Morgan fingerprint density at radius 2 is 1.62 bits per heavy atom. The molecule has 7 nitrogen and oxygen atoms in total. The summed E-state index contributed by atoms with van der Waals surface area (Å²) in [7, 11) is -4.01. The van der Waals surface area contributed by atoms with Gasteiger partial charge in [0.05, 0.1) is 11.9 Å². The van der Waals surface area contributed by atoms with Crippen LogP contribution in [0.4, 0.5) is 10.1 Å². The van der Waals surface area contributed by atoms with E-state index in [1.54, 1.807) is 18.2 Å². The first-order valence-corrected chi connectivity index (χ1v) is 15.4. The summed E-state index contributed by atoms with van der Waals surface area (Å²) in [5, 5.41) is 3.48. The summed E-state index contributed by atoms with van der Waals surface area (Å²) in [5.41, 5.74) is 1.19. The van der Waals surface area contributed by atoms with Crippen LogP contribution in [0, 0.1) is 5.82 Å². The fourth-order valence-electron chi connectivity index (χ4n) is 4.16. The molecule has 0 aromatic heterocycles. The Morgan fingerprint density at radius 3 is 2.23 bits per heavy atom. The molecule has 0 aliphatic rings. The van der Waals surface area contributed by atoms with E-state index in [9.17, 15) is 22.4 Å². The summed E-state index contributed by atoms with van der Waals surface area (Å²) in [4.78, 5) is 28.9. The summed E-state index contributed by atoms with van der Waals surface area (Å²) in [6, 6.07) is 18.0. The van der Waals surface area contributed by atoms with Crippen LogP contribution in [0.2, 0.25) is 10.0 Å². The predicted octanol–water partition coefficient (Wildman–Crippen LogP) is 5.45. The number of carbonyl (C=O) groups excluding carboxylic acids is 2. The molecular weight excluding hydrogens is 576 g/mol. The minimum Gasteiger partial charge on any atom is -0.354 e. The first kappa shape index (κ1) is 31.4. The van der Waals surface area contributed by atoms with Crippen LogP contribution in [0.25, 0.3) is 0 Å². The lowest BCUT2D eigenvalue weighted by Crippen LogP contribution is -2.53. The second kappa shape index (κ2) is 14.5. The molecular formula is C29H32Cl2FN3O4S. The van der Waals surface area contributed by atoms with E-state index in [4.69, 9.17) is 23.2 Å². The number of carbonyl (C=O) groups is 2. The van der Waals surface area contributed by atoms with Gasteiger partial charge in [0.25, 0.3) is 0 Å². The molecule has 40 heavy (non-hydrogen) atoms. The van der Waals surface area contributed by atoms with Gasteiger partial charge in [-0.05, 0) is 42.3 Å². The topological polar surface area (TPSA) is 86.8 Å². The van der Waals surface area contributed by atoms with Crippen molar-refractivity contribution < 1.29 is 22.4 Å². The molecule has 3 aromatic carbocycles. The van der Waals surface area contributed by atoms with Crippen LogP contribution in [-0.4, -0.2) is 50.5 Å². The lowest BCUT2D eigenvalue weighted by atomic mass is 10.0. The smallest absolute Gasteiger partial charge is 0.244 e. The van der Waals surface area contributed by atoms with Gasteiger partial charge < -0.3 is 10.2 Å². The molecule has 0 fully saturated rings. The fourth-order valence-corrected chi connectivity index (χ4v) is 5.52. The quantitative estimate of drug-likeness (QED) is 0.262. The number of hydrogen-bond acceptors (Lipinski definition) is 4. The summed E-state index contributed by atoms with van der Waals surface area (Å²) < 4.78 is 40.3. The van der Waals surface area contributed by atoms with E-state index in [0.717, 1.165) is 35.0 Å². The molecule has 0 radical (unpaired) electrons. The normalized spacial score (nSPS) is 12.0. The molecule has 0 aliphatic carbocycles. The summed E-state index contributed by atoms with van der Waals surface area (Å²) in [5.74, 6) is -1.74. The van der Waals surface area contributed by atoms with E-state index in [-0.39, 0.29) is 18.7 Å². The molecule has 214 valence electrons. The summed E-state index contributed by atoms with van der Waals surface area (Å²) in [6.45, 7) is 1.58. The average Bonchev–Trinajstić information content (AvgIpc) is 2.90. The molecule has 0 unspecified atom stereocenters. The Hall–Kier alpha value is -3.14. The van der Waals surface area contributed by atoms with Gasteiger partial charge in [-0.25, -0.2) is 12.8 Å². The number of sulfonamides is 1. The minimum atomic E-state index is -4.01. The van der Waals surface area contributed by atoms with Gasteiger partial charge in [0.1, 0.15) is 18.4 Å². The van der Waals surface area contributed by atoms with E-state index >= 15 is 0 Å². The van der Waals surface area contributed by atoms with Crippen LogP contribution in [0.15, 0.2) is 72.8 Å². The van der Waals surface area contributed by atoms with Gasteiger partial charge in [-0.3, -0.25) is 13.9 Å². The molecule has 0 heterocycles. The van der Waals surface area contributed by atoms with Crippen molar-refractivity contribution >= 4 is 50.7 Å². The van der Waals surface area contributed by atoms with Gasteiger partial charge in [-0.15, -0.1) is 0 Å². The van der Waals surface area contributed by atoms with Crippen LogP contribution >= 0.6 is 23.2 Å². The van der Waals surface area contributed by atoms with Crippen LogP contribution in [0.1, 0.15) is 30.9 Å². The molecule has 2 amide bonds. The molecule has 1 atom stereocenters. The van der Waals surface area contributed by atoms with Crippen molar-refractivity contribution in [1.82, 2.24) is 10.2 Å². The fraction of sp³-hybridized carbons (Fsp3) is 0.310. The maximum absolute atomic E-state index is 14.0. The highest BCUT2D eigenvalue weighted by Crippen LogP contribution is 2.28. The summed E-state index contributed by atoms with van der Waals surface area (Å²) in [6.07, 6.45) is 2.69. The van der Waals surface area contributed by atoms with Crippen molar-refractivity contribution in [3.63, 3.8) is 0 Å². The molecule has 0 saturated heterocycles. The zero-order chi connectivity index (χ0) is 29.3. The van der Waals surface area contributed by atoms with E-state index in [1.165, 1.54) is 23.1 Å². The first-order valence-electron chi connectivity index (χ1n) is 12.8. The number of anilines is 1. The lowest BCUT2D eigenvalue weighted by molar-refractivity contribution is -0.140. The average molecular weight is 609 g/mol. The SMILES string of the molecule is CCCCNC(=O)[C@@H](Cc1ccccc1)N(Cc1c(Cl)cccc1Cl)C(=O)CN(c1cccc(F)c1)S(C)(=O)=O. The number of hydrogen-bond donors (Lipinski definition) is 1. The van der Waals surface area contributed by atoms with E-state index in [0.29, 0.717) is 22.2 Å². The highest BCUT2D eigenvalue weighted by Gasteiger charge is 2.33. The number of amides is 2. The first-order chi connectivity index (χ1) is 19.0. The van der Waals surface area contributed by atoms with Crippen molar-refractivity contribution in [3.05, 3.63) is 99.8 Å². The molecule has 0 aliphatic heterocycles. The minimum absolute atomic E-state index is 0.0152. The highest BCUT2D eigenvalue weighted by molar-refractivity contribution is 7.92. The monoisotopic (exact) mass is 607 g/mol. The number of benzene rings is 3. The van der Waals surface area contributed by atoms with Crippen LogP contribution in [0.5, 0.6) is 0 Å². The van der Waals surface area contributed by atoms with E-state index in [2.05, 4.69) is 5.32 Å². The number of halogens is 3. The van der Waals surface area contributed by atoms with Gasteiger partial charge in [0.15, 0.2) is 0 Å². The van der Waals surface area contributed by atoms with Crippen molar-refractivity contribution in [2.75, 3.05) is 23.7 Å². The lowest BCUT2D eigenvalue weighted by Gasteiger charge is -2.34. The third-order valence-electron chi connectivity index (χ3n) is 6.27. The van der Waals surface area contributed by atoms with Crippen molar-refractivity contribution in [2.24, 2.45) is 0 Å². The molecule has 0 saturated carbocycles. The molecule has 0 bridgehead atoms. The molecule has 11 heteroatoms. The van der Waals surface area contributed by atoms with Gasteiger partial charge >= 0.3 is 0 Å². The molecule has 3 aromatic rings. The van der Waals surface area contributed by atoms with Gasteiger partial charge in [-0.2, -0.15) is 0 Å². The van der Waals surface area contributed by atoms with E-state index in [1.807, 2.05) is 37.3 Å². The Bertz CT molecular complexity index is 1400. The molecule has 3 rings (SSSR count).